The lowest BCUT2D eigenvalue weighted by molar-refractivity contribution is -0.121. The van der Waals surface area contributed by atoms with Gasteiger partial charge in [0.2, 0.25) is 17.5 Å². The minimum Gasteiger partial charge on any atom is -0.459 e. The van der Waals surface area contributed by atoms with Gasteiger partial charge in [0.25, 0.3) is 5.89 Å². The molecular formula is C28H27N5O3. The maximum Gasteiger partial charge on any atom is 0.266 e. The highest BCUT2D eigenvalue weighted by Gasteiger charge is 2.32. The number of nitrogens with one attached hydrogen (secondary N) is 1. The van der Waals surface area contributed by atoms with Crippen molar-refractivity contribution in [1.29, 1.82) is 5.26 Å². The number of anilines is 2. The van der Waals surface area contributed by atoms with Crippen LogP contribution in [-0.4, -0.2) is 42.0 Å². The first-order chi connectivity index (χ1) is 17.5. The first kappa shape index (κ1) is 23.4. The van der Waals surface area contributed by atoms with Gasteiger partial charge >= 0.3 is 0 Å². The van der Waals surface area contributed by atoms with Gasteiger partial charge in [0.15, 0.2) is 5.76 Å². The summed E-state index contributed by atoms with van der Waals surface area (Å²) in [6.45, 7) is 6.44. The lowest BCUT2D eigenvalue weighted by Gasteiger charge is -2.38. The van der Waals surface area contributed by atoms with Gasteiger partial charge in [0.05, 0.1) is 6.26 Å². The van der Waals surface area contributed by atoms with Crippen LogP contribution in [0.25, 0.3) is 11.7 Å². The number of carbonyl (C=O) groups is 1. The van der Waals surface area contributed by atoms with Crippen molar-refractivity contribution in [3.05, 3.63) is 89.3 Å². The van der Waals surface area contributed by atoms with E-state index in [9.17, 15) is 10.1 Å². The van der Waals surface area contributed by atoms with Crippen LogP contribution < -0.4 is 10.2 Å². The highest BCUT2D eigenvalue weighted by molar-refractivity contribution is 5.95. The number of nitrogens with zero attached hydrogens (tertiary/aromatic N) is 4. The van der Waals surface area contributed by atoms with Crippen molar-refractivity contribution >= 4 is 17.5 Å². The number of nitriles is 1. The van der Waals surface area contributed by atoms with Crippen molar-refractivity contribution in [2.75, 3.05) is 36.4 Å². The fourth-order valence-corrected chi connectivity index (χ4v) is 4.71. The number of rotatable bonds is 6. The van der Waals surface area contributed by atoms with E-state index in [0.29, 0.717) is 37.8 Å². The molecule has 182 valence electrons. The van der Waals surface area contributed by atoms with E-state index >= 15 is 0 Å². The van der Waals surface area contributed by atoms with Crippen LogP contribution in [-0.2, 0) is 4.79 Å². The van der Waals surface area contributed by atoms with Crippen molar-refractivity contribution in [2.45, 2.75) is 19.9 Å². The molecule has 1 aliphatic heterocycles. The largest absolute Gasteiger partial charge is 0.459 e. The first-order valence-electron chi connectivity index (χ1n) is 11.9. The molecule has 36 heavy (non-hydrogen) atoms. The molecule has 1 unspecified atom stereocenters. The molecule has 1 fully saturated rings. The van der Waals surface area contributed by atoms with Crippen molar-refractivity contribution in [1.82, 2.24) is 9.88 Å². The number of piperazine rings is 1. The van der Waals surface area contributed by atoms with Gasteiger partial charge in [-0.3, -0.25) is 9.69 Å². The summed E-state index contributed by atoms with van der Waals surface area (Å²) in [6.07, 6.45) is 1.54. The second-order valence-corrected chi connectivity index (χ2v) is 8.96. The van der Waals surface area contributed by atoms with Crippen LogP contribution >= 0.6 is 0 Å². The molecule has 2 aromatic heterocycles. The normalized spacial score (nSPS) is 14.9. The second kappa shape index (κ2) is 10.1. The van der Waals surface area contributed by atoms with Crippen LogP contribution in [0.5, 0.6) is 0 Å². The molecule has 1 atom stereocenters. The molecule has 0 aliphatic carbocycles. The Morgan fingerprint density at radius 3 is 2.39 bits per heavy atom. The van der Waals surface area contributed by atoms with Gasteiger partial charge in [-0.05, 0) is 54.8 Å². The number of hydrogen-bond acceptors (Lipinski definition) is 7. The number of aryl methyl sites for hydroxylation is 2. The zero-order chi connectivity index (χ0) is 25.1. The summed E-state index contributed by atoms with van der Waals surface area (Å²) >= 11 is 0. The summed E-state index contributed by atoms with van der Waals surface area (Å²) < 4.78 is 11.3. The average Bonchev–Trinajstić information content (AvgIpc) is 3.55. The Bertz CT molecular complexity index is 1360. The Morgan fingerprint density at radius 2 is 1.75 bits per heavy atom. The fraction of sp³-hybridized carbons (Fsp3) is 0.250. The summed E-state index contributed by atoms with van der Waals surface area (Å²) in [5.74, 6) is 1.11. The predicted molar refractivity (Wildman–Crippen MR) is 136 cm³/mol. The van der Waals surface area contributed by atoms with E-state index in [1.54, 1.807) is 12.1 Å². The average molecular weight is 482 g/mol. The van der Waals surface area contributed by atoms with E-state index in [-0.39, 0.29) is 17.5 Å². The lowest BCUT2D eigenvalue weighted by atomic mass is 10.0. The van der Waals surface area contributed by atoms with Gasteiger partial charge in [-0.25, -0.2) is 0 Å². The quantitative estimate of drug-likeness (QED) is 0.417. The van der Waals surface area contributed by atoms with Crippen molar-refractivity contribution in [3.63, 3.8) is 0 Å². The molecule has 8 nitrogen and oxygen atoms in total. The van der Waals surface area contributed by atoms with Crippen LogP contribution in [0.2, 0.25) is 0 Å². The predicted octanol–water partition coefficient (Wildman–Crippen LogP) is 4.93. The smallest absolute Gasteiger partial charge is 0.266 e. The number of hydrogen-bond donors (Lipinski definition) is 1. The standard InChI is InChI=1S/C28H27N5O3/c1-19-15-20(2)17-22(16-19)30-26(34)25(21-7-4-3-5-8-21)32-10-12-33(13-11-32)28-23(18-29)31-27(36-28)24-9-6-14-35-24/h3-9,14-17,25H,10-13H2,1-2H3,(H,30,34). The molecule has 1 saturated heterocycles. The Kier molecular flexibility index (Phi) is 6.56. The molecule has 1 aliphatic rings. The van der Waals surface area contributed by atoms with Crippen LogP contribution in [0.15, 0.2) is 75.8 Å². The molecule has 8 heteroatoms. The van der Waals surface area contributed by atoms with Crippen molar-refractivity contribution < 1.29 is 13.6 Å². The fourth-order valence-electron chi connectivity index (χ4n) is 4.71. The van der Waals surface area contributed by atoms with Crippen molar-refractivity contribution in [2.24, 2.45) is 0 Å². The summed E-state index contributed by atoms with van der Waals surface area (Å²) in [6, 6.07) is 21.0. The molecule has 0 saturated carbocycles. The topological polar surface area (TPSA) is 98.5 Å². The molecule has 1 N–H and O–H groups in total. The van der Waals surface area contributed by atoms with E-state index in [4.69, 9.17) is 8.83 Å². The lowest BCUT2D eigenvalue weighted by Crippen LogP contribution is -2.50. The number of amides is 1. The van der Waals surface area contributed by atoms with E-state index in [0.717, 1.165) is 22.4 Å². The Hall–Kier alpha value is -4.35. The van der Waals surface area contributed by atoms with E-state index < -0.39 is 6.04 Å². The van der Waals surface area contributed by atoms with Gasteiger partial charge in [-0.2, -0.15) is 10.2 Å². The first-order valence-corrected chi connectivity index (χ1v) is 11.9. The minimum absolute atomic E-state index is 0.0721. The van der Waals surface area contributed by atoms with E-state index in [1.807, 2.05) is 61.2 Å². The SMILES string of the molecule is Cc1cc(C)cc(NC(=O)C(c2ccccc2)N2CCN(c3oc(-c4ccco4)nc3C#N)CC2)c1. The third-order valence-corrected chi connectivity index (χ3v) is 6.27. The maximum atomic E-state index is 13.6. The van der Waals surface area contributed by atoms with E-state index in [1.165, 1.54) is 6.26 Å². The molecule has 0 bridgehead atoms. The molecule has 4 aromatic rings. The number of carbonyl (C=O) groups excluding carboxylic acids is 1. The molecule has 0 radical (unpaired) electrons. The Balaban J connectivity index is 1.35. The Morgan fingerprint density at radius 1 is 1.03 bits per heavy atom. The maximum absolute atomic E-state index is 13.6. The summed E-state index contributed by atoms with van der Waals surface area (Å²) in [5.41, 5.74) is 4.16. The van der Waals surface area contributed by atoms with Crippen LogP contribution in [0.4, 0.5) is 11.6 Å². The summed E-state index contributed by atoms with van der Waals surface area (Å²) in [4.78, 5) is 22.0. The molecule has 3 heterocycles. The van der Waals surface area contributed by atoms with Crippen LogP contribution in [0.1, 0.15) is 28.4 Å². The molecule has 5 rings (SSSR count). The number of benzene rings is 2. The third kappa shape index (κ3) is 4.88. The number of aromatic nitrogens is 1. The molecular weight excluding hydrogens is 454 g/mol. The van der Waals surface area contributed by atoms with Gasteiger partial charge in [0.1, 0.15) is 12.1 Å². The van der Waals surface area contributed by atoms with Crippen LogP contribution in [0, 0.1) is 25.2 Å². The van der Waals surface area contributed by atoms with Gasteiger partial charge in [0, 0.05) is 31.9 Å². The number of furan rings is 1. The molecule has 1 amide bonds. The van der Waals surface area contributed by atoms with Crippen molar-refractivity contribution in [3.8, 4) is 17.7 Å². The van der Waals surface area contributed by atoms with Gasteiger partial charge in [-0.15, -0.1) is 0 Å². The molecule has 2 aromatic carbocycles. The van der Waals surface area contributed by atoms with E-state index in [2.05, 4.69) is 27.3 Å². The zero-order valence-electron chi connectivity index (χ0n) is 20.3. The van der Waals surface area contributed by atoms with Gasteiger partial charge in [-0.1, -0.05) is 36.4 Å². The Labute approximate surface area is 209 Å². The van der Waals surface area contributed by atoms with Crippen LogP contribution in [0.3, 0.4) is 0 Å². The molecule has 0 spiro atoms. The van der Waals surface area contributed by atoms with Gasteiger partial charge < -0.3 is 19.1 Å². The third-order valence-electron chi connectivity index (χ3n) is 6.27. The highest BCUT2D eigenvalue weighted by Crippen LogP contribution is 2.31. The second-order valence-electron chi connectivity index (χ2n) is 8.96. The summed E-state index contributed by atoms with van der Waals surface area (Å²) in [7, 11) is 0. The monoisotopic (exact) mass is 481 g/mol. The number of oxazole rings is 1. The summed E-state index contributed by atoms with van der Waals surface area (Å²) in [5, 5.41) is 12.7. The zero-order valence-corrected chi connectivity index (χ0v) is 20.3. The minimum atomic E-state index is -0.446. The highest BCUT2D eigenvalue weighted by atomic mass is 16.4.